The molecule has 2 aliphatic carbocycles. The Hall–Kier alpha value is 0.830. The van der Waals surface area contributed by atoms with E-state index in [1.54, 1.807) is 6.42 Å². The molecule has 2 heteroatoms. The molecule has 82 valence electrons. The smallest absolute Gasteiger partial charge is 0.00910 e. The van der Waals surface area contributed by atoms with Crippen molar-refractivity contribution in [3.63, 3.8) is 0 Å². The lowest BCUT2D eigenvalue weighted by molar-refractivity contribution is 0.192. The van der Waals surface area contributed by atoms with E-state index in [9.17, 15) is 0 Å². The van der Waals surface area contributed by atoms with Gasteiger partial charge in [-0.25, -0.2) is 0 Å². The summed E-state index contributed by atoms with van der Waals surface area (Å²) in [5.41, 5.74) is 0.699. The van der Waals surface area contributed by atoms with Crippen molar-refractivity contribution in [3.05, 3.63) is 0 Å². The minimum absolute atomic E-state index is 0.699. The molecule has 0 radical (unpaired) electrons. The van der Waals surface area contributed by atoms with Crippen LogP contribution < -0.4 is 0 Å². The van der Waals surface area contributed by atoms with E-state index in [1.807, 2.05) is 0 Å². The summed E-state index contributed by atoms with van der Waals surface area (Å²) in [5.74, 6) is 4.81. The zero-order valence-corrected chi connectivity index (χ0v) is 11.5. The standard InChI is InChI=1S/C12H21BrS/c1-2-14-6-5-12(9-13)8-10-3-4-11(12)7-10/h10-11H,2-9H2,1H3. The summed E-state index contributed by atoms with van der Waals surface area (Å²) in [4.78, 5) is 0. The molecule has 2 fully saturated rings. The number of hydrogen-bond acceptors (Lipinski definition) is 1. The van der Waals surface area contributed by atoms with Crippen LogP contribution in [0, 0.1) is 17.3 Å². The summed E-state index contributed by atoms with van der Waals surface area (Å²) < 4.78 is 0. The van der Waals surface area contributed by atoms with E-state index in [-0.39, 0.29) is 0 Å². The van der Waals surface area contributed by atoms with Crippen LogP contribution in [-0.4, -0.2) is 16.8 Å². The first-order valence-corrected chi connectivity index (χ1v) is 8.22. The number of fused-ring (bicyclic) bond motifs is 2. The molecule has 0 aromatic rings. The molecule has 0 spiro atoms. The molecule has 0 saturated heterocycles. The highest BCUT2D eigenvalue weighted by Gasteiger charge is 2.49. The highest BCUT2D eigenvalue weighted by atomic mass is 79.9. The van der Waals surface area contributed by atoms with Crippen molar-refractivity contribution in [1.29, 1.82) is 0 Å². The van der Waals surface area contributed by atoms with Gasteiger partial charge < -0.3 is 0 Å². The first-order valence-electron chi connectivity index (χ1n) is 5.94. The van der Waals surface area contributed by atoms with Crippen LogP contribution >= 0.6 is 27.7 Å². The molecule has 0 nitrogen and oxygen atoms in total. The van der Waals surface area contributed by atoms with Gasteiger partial charge in [0.2, 0.25) is 0 Å². The van der Waals surface area contributed by atoms with Crippen molar-refractivity contribution in [2.75, 3.05) is 16.8 Å². The minimum atomic E-state index is 0.699. The van der Waals surface area contributed by atoms with Crippen LogP contribution in [0.1, 0.15) is 39.0 Å². The molecule has 0 aromatic carbocycles. The number of rotatable bonds is 5. The minimum Gasteiger partial charge on any atom is -0.162 e. The summed E-state index contributed by atoms with van der Waals surface area (Å²) >= 11 is 5.89. The SMILES string of the molecule is CCSCCC1(CBr)CC2CCC1C2. The van der Waals surface area contributed by atoms with E-state index in [0.717, 1.165) is 11.8 Å². The van der Waals surface area contributed by atoms with Crippen LogP contribution in [0.2, 0.25) is 0 Å². The Kier molecular flexibility index (Phi) is 3.86. The molecule has 0 N–H and O–H groups in total. The monoisotopic (exact) mass is 276 g/mol. The van der Waals surface area contributed by atoms with Gasteiger partial charge in [-0.3, -0.25) is 0 Å². The van der Waals surface area contributed by atoms with E-state index in [4.69, 9.17) is 0 Å². The van der Waals surface area contributed by atoms with Gasteiger partial charge in [-0.1, -0.05) is 29.3 Å². The van der Waals surface area contributed by atoms with Crippen molar-refractivity contribution in [2.45, 2.75) is 39.0 Å². The second-order valence-corrected chi connectivity index (χ2v) is 6.98. The van der Waals surface area contributed by atoms with Crippen molar-refractivity contribution < 1.29 is 0 Å². The molecule has 2 bridgehead atoms. The average Bonchev–Trinajstić information content (AvgIpc) is 2.78. The predicted octanol–water partition coefficient (Wildman–Crippen LogP) is 4.33. The highest BCUT2D eigenvalue weighted by Crippen LogP contribution is 2.58. The maximum atomic E-state index is 3.78. The Morgan fingerprint density at radius 3 is 2.79 bits per heavy atom. The highest BCUT2D eigenvalue weighted by molar-refractivity contribution is 9.09. The second kappa shape index (κ2) is 4.78. The lowest BCUT2D eigenvalue weighted by Crippen LogP contribution is -2.30. The van der Waals surface area contributed by atoms with E-state index in [2.05, 4.69) is 34.6 Å². The number of alkyl halides is 1. The van der Waals surface area contributed by atoms with E-state index in [1.165, 1.54) is 42.5 Å². The number of hydrogen-bond donors (Lipinski definition) is 0. The molecule has 0 aliphatic heterocycles. The number of thioether (sulfide) groups is 1. The van der Waals surface area contributed by atoms with Crippen molar-refractivity contribution in [2.24, 2.45) is 17.3 Å². The molecular formula is C12H21BrS. The summed E-state index contributed by atoms with van der Waals surface area (Å²) in [6.45, 7) is 2.27. The maximum Gasteiger partial charge on any atom is 0.00910 e. The normalized spacial score (nSPS) is 40.7. The molecule has 0 heterocycles. The van der Waals surface area contributed by atoms with Gasteiger partial charge in [0.1, 0.15) is 0 Å². The van der Waals surface area contributed by atoms with Crippen LogP contribution in [-0.2, 0) is 0 Å². The molecule has 2 saturated carbocycles. The number of halogens is 1. The van der Waals surface area contributed by atoms with Crippen molar-refractivity contribution >= 4 is 27.7 Å². The van der Waals surface area contributed by atoms with Crippen LogP contribution in [0.4, 0.5) is 0 Å². The van der Waals surface area contributed by atoms with Crippen molar-refractivity contribution in [1.82, 2.24) is 0 Å². The van der Waals surface area contributed by atoms with E-state index < -0.39 is 0 Å². The van der Waals surface area contributed by atoms with Gasteiger partial charge >= 0.3 is 0 Å². The topological polar surface area (TPSA) is 0 Å². The lowest BCUT2D eigenvalue weighted by Gasteiger charge is -2.36. The Labute approximate surface area is 101 Å². The van der Waals surface area contributed by atoms with Crippen LogP contribution in [0.25, 0.3) is 0 Å². The van der Waals surface area contributed by atoms with Gasteiger partial charge in [-0.15, -0.1) is 0 Å². The molecule has 2 rings (SSSR count). The molecule has 0 aromatic heterocycles. The Bertz CT molecular complexity index is 195. The predicted molar refractivity (Wildman–Crippen MR) is 69.3 cm³/mol. The Balaban J connectivity index is 1.90. The first-order chi connectivity index (χ1) is 6.80. The average molecular weight is 277 g/mol. The van der Waals surface area contributed by atoms with Gasteiger partial charge in [0.25, 0.3) is 0 Å². The molecule has 14 heavy (non-hydrogen) atoms. The molecule has 2 aliphatic rings. The third kappa shape index (κ3) is 2.02. The zero-order valence-electron chi connectivity index (χ0n) is 9.10. The van der Waals surface area contributed by atoms with Gasteiger partial charge in [-0.05, 0) is 54.4 Å². The van der Waals surface area contributed by atoms with Crippen LogP contribution in [0.3, 0.4) is 0 Å². The Morgan fingerprint density at radius 1 is 1.43 bits per heavy atom. The maximum absolute atomic E-state index is 3.78. The Morgan fingerprint density at radius 2 is 2.29 bits per heavy atom. The lowest BCUT2D eigenvalue weighted by atomic mass is 9.73. The van der Waals surface area contributed by atoms with Crippen LogP contribution in [0.5, 0.6) is 0 Å². The third-order valence-electron chi connectivity index (χ3n) is 4.32. The molecular weight excluding hydrogens is 256 g/mol. The van der Waals surface area contributed by atoms with Crippen molar-refractivity contribution in [3.8, 4) is 0 Å². The summed E-state index contributed by atoms with van der Waals surface area (Å²) in [6.07, 6.45) is 7.57. The zero-order chi connectivity index (χ0) is 10.0. The fourth-order valence-electron chi connectivity index (χ4n) is 3.51. The van der Waals surface area contributed by atoms with E-state index in [0.29, 0.717) is 5.41 Å². The summed E-state index contributed by atoms with van der Waals surface area (Å²) in [6, 6.07) is 0. The van der Waals surface area contributed by atoms with Gasteiger partial charge in [0.05, 0.1) is 0 Å². The molecule has 3 atom stereocenters. The van der Waals surface area contributed by atoms with Crippen LogP contribution in [0.15, 0.2) is 0 Å². The fraction of sp³-hybridized carbons (Fsp3) is 1.00. The van der Waals surface area contributed by atoms with E-state index >= 15 is 0 Å². The molecule has 0 amide bonds. The quantitative estimate of drug-likeness (QED) is 0.532. The largest absolute Gasteiger partial charge is 0.162 e. The molecule has 3 unspecified atom stereocenters. The third-order valence-corrected chi connectivity index (χ3v) is 6.33. The second-order valence-electron chi connectivity index (χ2n) is 5.02. The van der Waals surface area contributed by atoms with Gasteiger partial charge in [0.15, 0.2) is 0 Å². The fourth-order valence-corrected chi connectivity index (χ4v) is 5.32. The van der Waals surface area contributed by atoms with Gasteiger partial charge in [0, 0.05) is 5.33 Å². The first kappa shape index (κ1) is 11.3. The van der Waals surface area contributed by atoms with Gasteiger partial charge in [-0.2, -0.15) is 11.8 Å². The summed E-state index contributed by atoms with van der Waals surface area (Å²) in [5, 5.41) is 1.26. The summed E-state index contributed by atoms with van der Waals surface area (Å²) in [7, 11) is 0.